The van der Waals surface area contributed by atoms with Gasteiger partial charge in [0.05, 0.1) is 33.6 Å². The van der Waals surface area contributed by atoms with Crippen molar-refractivity contribution < 1.29 is 4.42 Å². The number of hydrogen-bond donors (Lipinski definition) is 0. The van der Waals surface area contributed by atoms with Crippen LogP contribution in [0, 0.1) is 0 Å². The van der Waals surface area contributed by atoms with Crippen LogP contribution in [-0.2, 0) is 0 Å². The number of furan rings is 1. The largest absolute Gasteiger partial charge is 0.436 e. The Kier molecular flexibility index (Phi) is 6.10. The van der Waals surface area contributed by atoms with Gasteiger partial charge in [0.25, 0.3) is 0 Å². The number of hydrogen-bond acceptors (Lipinski definition) is 3. The van der Waals surface area contributed by atoms with Gasteiger partial charge in [-0.05, 0) is 92.0 Å². The Morgan fingerprint density at radius 2 is 1.00 bits per heavy atom. The standard InChI is InChI=1S/C52H30N4O/c1-2-11-34(12-3-1)55-44-16-8-7-15-40(44)43-28-32(20-26-46(43)55)33-19-22-41-39-14-6-9-17-45(39)56(47(41)29-33)49-30-53-51-50-42-24-23-36-35-13-5-4-10-31(35)18-21-37(36)38(42)25-27-48(50)57-52(51)54-49/h1-30H. The van der Waals surface area contributed by atoms with Gasteiger partial charge in [-0.25, -0.2) is 4.98 Å². The summed E-state index contributed by atoms with van der Waals surface area (Å²) in [5.74, 6) is 0.715. The quantitative estimate of drug-likeness (QED) is 0.170. The lowest BCUT2D eigenvalue weighted by molar-refractivity contribution is 0.652. The first-order chi connectivity index (χ1) is 28.3. The molecular formula is C52H30N4O. The fourth-order valence-corrected chi connectivity index (χ4v) is 9.44. The van der Waals surface area contributed by atoms with Crippen molar-refractivity contribution in [2.75, 3.05) is 0 Å². The minimum Gasteiger partial charge on any atom is -0.436 e. The van der Waals surface area contributed by atoms with Crippen LogP contribution in [0.1, 0.15) is 0 Å². The molecule has 0 saturated heterocycles. The maximum absolute atomic E-state index is 6.52. The van der Waals surface area contributed by atoms with E-state index in [1.165, 1.54) is 48.7 Å². The SMILES string of the molecule is c1ccc(-n2c3ccccc3c3cc(-c4ccc5c6ccccc6n(-c6cnc7c(n6)oc6ccc8c9ccc%10ccccc%10c9ccc8c67)c5c4)ccc32)cc1. The normalized spacial score (nSPS) is 12.2. The van der Waals surface area contributed by atoms with Crippen LogP contribution < -0.4 is 0 Å². The molecule has 5 heteroatoms. The Morgan fingerprint density at radius 3 is 1.88 bits per heavy atom. The van der Waals surface area contributed by atoms with Crippen molar-refractivity contribution in [1.82, 2.24) is 19.1 Å². The highest BCUT2D eigenvalue weighted by Crippen LogP contribution is 2.41. The van der Waals surface area contributed by atoms with Gasteiger partial charge in [-0.1, -0.05) is 127 Å². The summed E-state index contributed by atoms with van der Waals surface area (Å²) in [7, 11) is 0. The fourth-order valence-electron chi connectivity index (χ4n) is 9.44. The number of fused-ring (bicyclic) bond motifs is 15. The predicted molar refractivity (Wildman–Crippen MR) is 236 cm³/mol. The summed E-state index contributed by atoms with van der Waals surface area (Å²) in [5, 5.41) is 13.0. The first-order valence-corrected chi connectivity index (χ1v) is 19.3. The lowest BCUT2D eigenvalue weighted by atomic mass is 9.96. The number of nitrogens with zero attached hydrogens (tertiary/aromatic N) is 4. The van der Waals surface area contributed by atoms with Crippen LogP contribution in [0.25, 0.3) is 121 Å². The van der Waals surface area contributed by atoms with Crippen LogP contribution in [0.2, 0.25) is 0 Å². The molecular weight excluding hydrogens is 697 g/mol. The van der Waals surface area contributed by atoms with Gasteiger partial charge in [0.15, 0.2) is 5.82 Å². The first-order valence-electron chi connectivity index (χ1n) is 19.3. The van der Waals surface area contributed by atoms with E-state index in [2.05, 4.69) is 185 Å². The van der Waals surface area contributed by atoms with Gasteiger partial charge >= 0.3 is 0 Å². The highest BCUT2D eigenvalue weighted by molar-refractivity contribution is 6.25. The summed E-state index contributed by atoms with van der Waals surface area (Å²) in [4.78, 5) is 10.3. The number of rotatable bonds is 3. The van der Waals surface area contributed by atoms with Crippen LogP contribution in [-0.4, -0.2) is 19.1 Å². The summed E-state index contributed by atoms with van der Waals surface area (Å²) >= 11 is 0. The monoisotopic (exact) mass is 726 g/mol. The summed E-state index contributed by atoms with van der Waals surface area (Å²) < 4.78 is 11.1. The minimum absolute atomic E-state index is 0.524. The predicted octanol–water partition coefficient (Wildman–Crippen LogP) is 13.7. The van der Waals surface area contributed by atoms with Crippen LogP contribution in [0.5, 0.6) is 0 Å². The third-order valence-corrected chi connectivity index (χ3v) is 12.0. The maximum atomic E-state index is 6.52. The van der Waals surface area contributed by atoms with E-state index in [9.17, 15) is 0 Å². The second-order valence-corrected chi connectivity index (χ2v) is 15.0. The highest BCUT2D eigenvalue weighted by Gasteiger charge is 2.20. The van der Waals surface area contributed by atoms with E-state index in [-0.39, 0.29) is 0 Å². The Labute approximate surface area is 325 Å². The van der Waals surface area contributed by atoms with Crippen molar-refractivity contribution in [3.8, 4) is 22.6 Å². The molecule has 0 atom stereocenters. The molecule has 0 aliphatic carbocycles. The third-order valence-electron chi connectivity index (χ3n) is 12.0. The van der Waals surface area contributed by atoms with E-state index in [0.717, 1.165) is 60.5 Å². The Balaban J connectivity index is 0.993. The van der Waals surface area contributed by atoms with E-state index in [4.69, 9.17) is 14.4 Å². The molecule has 9 aromatic carbocycles. The molecule has 0 N–H and O–H groups in total. The van der Waals surface area contributed by atoms with Crippen molar-refractivity contribution in [3.63, 3.8) is 0 Å². The van der Waals surface area contributed by atoms with Crippen LogP contribution in [0.4, 0.5) is 0 Å². The van der Waals surface area contributed by atoms with E-state index < -0.39 is 0 Å². The number of para-hydroxylation sites is 3. The molecule has 0 fully saturated rings. The summed E-state index contributed by atoms with van der Waals surface area (Å²) in [6, 6.07) is 63.1. The molecule has 5 nitrogen and oxygen atoms in total. The minimum atomic E-state index is 0.524. The van der Waals surface area contributed by atoms with Crippen LogP contribution in [0.15, 0.2) is 187 Å². The average molecular weight is 727 g/mol. The molecule has 4 heterocycles. The molecule has 0 saturated carbocycles. The molecule has 0 bridgehead atoms. The van der Waals surface area contributed by atoms with Crippen molar-refractivity contribution >= 4 is 98.1 Å². The molecule has 264 valence electrons. The van der Waals surface area contributed by atoms with Crippen molar-refractivity contribution in [1.29, 1.82) is 0 Å². The molecule has 0 unspecified atom stereocenters. The highest BCUT2D eigenvalue weighted by atomic mass is 16.3. The maximum Gasteiger partial charge on any atom is 0.248 e. The van der Waals surface area contributed by atoms with Gasteiger partial charge in [-0.15, -0.1) is 0 Å². The molecule has 0 spiro atoms. The summed E-state index contributed by atoms with van der Waals surface area (Å²) in [6.45, 7) is 0. The topological polar surface area (TPSA) is 48.8 Å². The molecule has 0 radical (unpaired) electrons. The molecule has 0 amide bonds. The molecule has 13 rings (SSSR count). The molecule has 4 aromatic heterocycles. The zero-order valence-corrected chi connectivity index (χ0v) is 30.5. The van der Waals surface area contributed by atoms with Gasteiger partial charge < -0.3 is 8.98 Å². The Morgan fingerprint density at radius 1 is 0.404 bits per heavy atom. The van der Waals surface area contributed by atoms with Gasteiger partial charge in [0, 0.05) is 27.2 Å². The van der Waals surface area contributed by atoms with Crippen molar-refractivity contribution in [2.45, 2.75) is 0 Å². The fraction of sp³-hybridized carbons (Fsp3) is 0. The second-order valence-electron chi connectivity index (χ2n) is 15.0. The second kappa shape index (κ2) is 11.4. The zero-order valence-electron chi connectivity index (χ0n) is 30.5. The van der Waals surface area contributed by atoms with Crippen molar-refractivity contribution in [2.24, 2.45) is 0 Å². The van der Waals surface area contributed by atoms with Gasteiger partial charge in [-0.2, -0.15) is 4.98 Å². The van der Waals surface area contributed by atoms with Crippen molar-refractivity contribution in [3.05, 3.63) is 182 Å². The lowest BCUT2D eigenvalue weighted by Crippen LogP contribution is -1.98. The number of aromatic nitrogens is 4. The Hall–Kier alpha value is -7.76. The third kappa shape index (κ3) is 4.28. The molecule has 13 aromatic rings. The smallest absolute Gasteiger partial charge is 0.248 e. The van der Waals surface area contributed by atoms with Gasteiger partial charge in [0.2, 0.25) is 5.71 Å². The van der Waals surface area contributed by atoms with Gasteiger partial charge in [0.1, 0.15) is 11.1 Å². The van der Waals surface area contributed by atoms with E-state index in [1.807, 2.05) is 6.20 Å². The Bertz CT molecular complexity index is 3810. The number of benzene rings is 9. The molecule has 0 aliphatic heterocycles. The van der Waals surface area contributed by atoms with E-state index >= 15 is 0 Å². The molecule has 57 heavy (non-hydrogen) atoms. The van der Waals surface area contributed by atoms with E-state index in [0.29, 0.717) is 11.5 Å². The van der Waals surface area contributed by atoms with Crippen LogP contribution >= 0.6 is 0 Å². The summed E-state index contributed by atoms with van der Waals surface area (Å²) in [6.07, 6.45) is 1.90. The van der Waals surface area contributed by atoms with Gasteiger partial charge in [-0.3, -0.25) is 4.57 Å². The molecule has 0 aliphatic rings. The van der Waals surface area contributed by atoms with Crippen LogP contribution in [0.3, 0.4) is 0 Å². The zero-order chi connectivity index (χ0) is 37.2. The lowest BCUT2D eigenvalue weighted by Gasteiger charge is -2.09. The van der Waals surface area contributed by atoms with E-state index in [1.54, 1.807) is 0 Å². The summed E-state index contributed by atoms with van der Waals surface area (Å²) in [5.41, 5.74) is 10.0. The average Bonchev–Trinajstić information content (AvgIpc) is 3.93. The first kappa shape index (κ1) is 30.6.